The summed E-state index contributed by atoms with van der Waals surface area (Å²) < 4.78 is 0. The monoisotopic (exact) mass is 638 g/mol. The maximum atomic E-state index is 14.6. The van der Waals surface area contributed by atoms with Crippen LogP contribution in [-0.4, -0.2) is 102 Å². The molecule has 0 unspecified atom stereocenters. The van der Waals surface area contributed by atoms with Crippen LogP contribution in [0.4, 0.5) is 5.69 Å². The lowest BCUT2D eigenvalue weighted by atomic mass is 9.47. The van der Waals surface area contributed by atoms with E-state index in [9.17, 15) is 39.8 Å². The number of aliphatic hydroxyl groups excluding tert-OH is 2. The number of primary amides is 1. The molecule has 4 rings (SSSR count). The normalized spacial score (nSPS) is 27.3. The molecule has 0 saturated heterocycles. The van der Waals surface area contributed by atoms with Crippen molar-refractivity contribution in [2.45, 2.75) is 50.4 Å². The molecule has 248 valence electrons. The fourth-order valence-corrected chi connectivity index (χ4v) is 7.16. The Bertz CT molecular complexity index is 1640. The highest BCUT2D eigenvalue weighted by Gasteiger charge is 2.74. The predicted octanol–water partition coefficient (Wildman–Crippen LogP) is -1.17. The third-order valence-corrected chi connectivity index (χ3v) is 9.10. The second-order valence-electron chi connectivity index (χ2n) is 13.2. The van der Waals surface area contributed by atoms with Crippen molar-refractivity contribution < 1.29 is 34.5 Å². The number of aromatic hydroxyl groups is 1. The number of phenols is 1. The Hall–Kier alpha value is -4.49. The molecule has 0 spiro atoms. The number of benzene rings is 1. The summed E-state index contributed by atoms with van der Waals surface area (Å²) in [5.74, 6) is -5.89. The van der Waals surface area contributed by atoms with E-state index in [1.165, 1.54) is 19.0 Å². The molecule has 0 bridgehead atoms. The van der Waals surface area contributed by atoms with Gasteiger partial charge >= 0.3 is 0 Å². The van der Waals surface area contributed by atoms with Crippen LogP contribution in [0.15, 0.2) is 23.0 Å². The summed E-state index contributed by atoms with van der Waals surface area (Å²) in [5, 5.41) is 51.0. The molecular formula is C31H42N8O7. The standard InChI is InChI=1S/C31H42N8O7/c1-14(2)9-37-18(40)11-36-10-15-7-17(38(3)4)16-8-29(34)12-31(35)25(39(5)6)24(43)20(28(33)46)26(44)30(31,13-32)27(45)21(29)23(42)19(16)22(15)41/h7,14,25,36,41-42,44H,8-12,34-35H2,1-6H3,(H2,33,46)(H,37,40)/t25-,29-,30+,31-/m1/s1. The van der Waals surface area contributed by atoms with Gasteiger partial charge in [-0.3, -0.25) is 24.1 Å². The van der Waals surface area contributed by atoms with Gasteiger partial charge in [-0.15, -0.1) is 0 Å². The molecule has 15 nitrogen and oxygen atoms in total. The quantitative estimate of drug-likeness (QED) is 0.149. The van der Waals surface area contributed by atoms with Crippen molar-refractivity contribution in [1.29, 1.82) is 5.26 Å². The van der Waals surface area contributed by atoms with E-state index in [1.807, 2.05) is 13.8 Å². The molecule has 0 heterocycles. The summed E-state index contributed by atoms with van der Waals surface area (Å²) in [6, 6.07) is 1.94. The molecule has 0 radical (unpaired) electrons. The van der Waals surface area contributed by atoms with Gasteiger partial charge in [-0.05, 0) is 44.5 Å². The Morgan fingerprint density at radius 2 is 1.78 bits per heavy atom. The van der Waals surface area contributed by atoms with E-state index in [0.29, 0.717) is 17.8 Å². The zero-order valence-electron chi connectivity index (χ0n) is 26.8. The van der Waals surface area contributed by atoms with Gasteiger partial charge in [0.25, 0.3) is 5.91 Å². The van der Waals surface area contributed by atoms with Crippen LogP contribution in [0.5, 0.6) is 5.75 Å². The van der Waals surface area contributed by atoms with Crippen LogP contribution in [0.3, 0.4) is 0 Å². The van der Waals surface area contributed by atoms with E-state index in [2.05, 4.69) is 10.6 Å². The third-order valence-electron chi connectivity index (χ3n) is 9.10. The molecule has 0 aliphatic heterocycles. The summed E-state index contributed by atoms with van der Waals surface area (Å²) in [6.07, 6.45) is -0.632. The largest absolute Gasteiger partial charge is 0.509 e. The van der Waals surface area contributed by atoms with Gasteiger partial charge in [0.05, 0.1) is 40.9 Å². The zero-order chi connectivity index (χ0) is 34.7. The zero-order valence-corrected chi connectivity index (χ0v) is 26.8. The predicted molar refractivity (Wildman–Crippen MR) is 168 cm³/mol. The number of nitrogens with two attached hydrogens (primary N) is 3. The highest BCUT2D eigenvalue weighted by atomic mass is 16.3. The molecule has 3 aliphatic rings. The summed E-state index contributed by atoms with van der Waals surface area (Å²) in [5.41, 5.74) is 12.2. The van der Waals surface area contributed by atoms with Gasteiger partial charge in [0.15, 0.2) is 17.0 Å². The number of nitriles is 1. The number of nitrogens with zero attached hydrogens (tertiary/aromatic N) is 3. The number of carbonyl (C=O) groups excluding carboxylic acids is 4. The van der Waals surface area contributed by atoms with Gasteiger partial charge in [0.1, 0.15) is 22.8 Å². The van der Waals surface area contributed by atoms with Crippen molar-refractivity contribution in [3.63, 3.8) is 0 Å². The van der Waals surface area contributed by atoms with E-state index in [0.717, 1.165) is 0 Å². The van der Waals surface area contributed by atoms with Crippen molar-refractivity contribution in [3.8, 4) is 11.8 Å². The Morgan fingerprint density at radius 3 is 2.30 bits per heavy atom. The van der Waals surface area contributed by atoms with Crippen LogP contribution in [-0.2, 0) is 32.1 Å². The SMILES string of the molecule is CC(C)CNC(=O)CNCc1cc(N(C)C)c2c(c1O)C(O)=C1C(=O)[C@]3(C#N)C(O)=C(C(N)=O)C(=O)[C@@H](N(C)C)[C@]3(N)C[C@]1(N)C2. The van der Waals surface area contributed by atoms with Gasteiger partial charge in [-0.2, -0.15) is 5.26 Å². The molecule has 11 N–H and O–H groups in total. The van der Waals surface area contributed by atoms with Gasteiger partial charge < -0.3 is 48.1 Å². The smallest absolute Gasteiger partial charge is 0.255 e. The van der Waals surface area contributed by atoms with Gasteiger partial charge in [-0.25, -0.2) is 0 Å². The summed E-state index contributed by atoms with van der Waals surface area (Å²) >= 11 is 0. The average molecular weight is 639 g/mol. The van der Waals surface area contributed by atoms with Crippen molar-refractivity contribution in [2.75, 3.05) is 46.2 Å². The molecule has 1 fully saturated rings. The molecule has 46 heavy (non-hydrogen) atoms. The number of phenolic OH excluding ortho intramolecular Hbond substituents is 1. The first kappa shape index (κ1) is 34.4. The number of nitrogens with one attached hydrogen (secondary N) is 2. The molecule has 4 atom stereocenters. The molecule has 2 amide bonds. The minimum absolute atomic E-state index is 0.00550. The van der Waals surface area contributed by atoms with Gasteiger partial charge in [0, 0.05) is 38.4 Å². The topological polar surface area (TPSA) is 261 Å². The first-order valence-electron chi connectivity index (χ1n) is 14.7. The number of rotatable bonds is 9. The van der Waals surface area contributed by atoms with Crippen molar-refractivity contribution in [2.24, 2.45) is 28.5 Å². The first-order chi connectivity index (χ1) is 21.3. The Kier molecular flexibility index (Phi) is 8.75. The highest BCUT2D eigenvalue weighted by molar-refractivity contribution is 6.25. The number of ketones is 2. The van der Waals surface area contributed by atoms with Gasteiger partial charge in [-0.1, -0.05) is 13.8 Å². The minimum atomic E-state index is -2.74. The van der Waals surface area contributed by atoms with E-state index in [-0.39, 0.29) is 42.5 Å². The lowest BCUT2D eigenvalue weighted by Gasteiger charge is -2.58. The second kappa shape index (κ2) is 11.7. The van der Waals surface area contributed by atoms with Crippen LogP contribution < -0.4 is 32.7 Å². The number of aliphatic hydroxyl groups is 2. The van der Waals surface area contributed by atoms with E-state index >= 15 is 0 Å². The number of Topliss-reactive ketones (excluding diaryl/α,β-unsaturated/α-hetero) is 2. The molecule has 3 aliphatic carbocycles. The second-order valence-corrected chi connectivity index (χ2v) is 13.2. The first-order valence-corrected chi connectivity index (χ1v) is 14.7. The molecule has 0 aromatic heterocycles. The molecular weight excluding hydrogens is 596 g/mol. The number of likely N-dealkylation sites (N-methyl/N-ethyl adjacent to an activating group) is 1. The Balaban J connectivity index is 1.93. The number of hydrogen-bond acceptors (Lipinski definition) is 13. The maximum absolute atomic E-state index is 14.6. The molecule has 1 aromatic carbocycles. The van der Waals surface area contributed by atoms with Gasteiger partial charge in [0.2, 0.25) is 5.91 Å². The van der Waals surface area contributed by atoms with Crippen LogP contribution in [0.2, 0.25) is 0 Å². The van der Waals surface area contributed by atoms with Crippen LogP contribution in [0, 0.1) is 22.7 Å². The summed E-state index contributed by atoms with van der Waals surface area (Å²) in [4.78, 5) is 55.8. The number of carbonyl (C=O) groups is 4. The fraction of sp³-hybridized carbons (Fsp3) is 0.516. The minimum Gasteiger partial charge on any atom is -0.509 e. The summed E-state index contributed by atoms with van der Waals surface area (Å²) in [6.45, 7) is 4.37. The molecule has 1 aromatic rings. The Labute approximate surface area is 266 Å². The number of amides is 2. The highest BCUT2D eigenvalue weighted by Crippen LogP contribution is 2.59. The molecule has 1 saturated carbocycles. The lowest BCUT2D eigenvalue weighted by Crippen LogP contribution is -2.80. The van der Waals surface area contributed by atoms with Crippen molar-refractivity contribution in [3.05, 3.63) is 39.7 Å². The third kappa shape index (κ3) is 4.89. The fourth-order valence-electron chi connectivity index (χ4n) is 7.16. The Morgan fingerprint density at radius 1 is 1.15 bits per heavy atom. The summed E-state index contributed by atoms with van der Waals surface area (Å²) in [7, 11) is 6.38. The van der Waals surface area contributed by atoms with E-state index in [4.69, 9.17) is 17.2 Å². The number of anilines is 1. The van der Waals surface area contributed by atoms with Crippen LogP contribution in [0.25, 0.3) is 5.76 Å². The van der Waals surface area contributed by atoms with E-state index in [1.54, 1.807) is 31.1 Å². The lowest BCUT2D eigenvalue weighted by molar-refractivity contribution is -0.139. The molecule has 15 heteroatoms. The van der Waals surface area contributed by atoms with Crippen LogP contribution >= 0.6 is 0 Å². The van der Waals surface area contributed by atoms with Crippen molar-refractivity contribution in [1.82, 2.24) is 15.5 Å². The average Bonchev–Trinajstić information content (AvgIpc) is 2.91. The maximum Gasteiger partial charge on any atom is 0.255 e. The van der Waals surface area contributed by atoms with E-state index < -0.39 is 74.8 Å². The van der Waals surface area contributed by atoms with Crippen molar-refractivity contribution >= 4 is 34.8 Å². The number of hydrogen-bond donors (Lipinski definition) is 8. The van der Waals surface area contributed by atoms with Crippen LogP contribution in [0.1, 0.15) is 37.0 Å². The number of fused-ring (bicyclic) bond motifs is 3.